The maximum absolute atomic E-state index is 12.3. The van der Waals surface area contributed by atoms with Crippen LogP contribution in [0.15, 0.2) is 75.8 Å². The van der Waals surface area contributed by atoms with Gasteiger partial charge in [-0.25, -0.2) is 9.79 Å². The number of cyclic esters (lactones) is 1. The maximum atomic E-state index is 12.3. The Balaban J connectivity index is 1.56. The smallest absolute Gasteiger partial charge is 0.363 e. The van der Waals surface area contributed by atoms with Crippen LogP contribution in [-0.4, -0.2) is 23.9 Å². The van der Waals surface area contributed by atoms with Crippen molar-refractivity contribution in [2.75, 3.05) is 7.11 Å². The van der Waals surface area contributed by atoms with Crippen molar-refractivity contribution in [3.05, 3.63) is 103 Å². The highest BCUT2D eigenvalue weighted by Crippen LogP contribution is 2.32. The van der Waals surface area contributed by atoms with Gasteiger partial charge in [-0.3, -0.25) is 10.1 Å². The van der Waals surface area contributed by atoms with Crippen LogP contribution in [0, 0.1) is 10.1 Å². The number of esters is 1. The Kier molecular flexibility index (Phi) is 6.95. The van der Waals surface area contributed by atoms with Gasteiger partial charge in [0, 0.05) is 22.2 Å². The second-order valence-electron chi connectivity index (χ2n) is 7.05. The Morgan fingerprint density at radius 2 is 1.94 bits per heavy atom. The average Bonchev–Trinajstić information content (AvgIpc) is 3.18. The van der Waals surface area contributed by atoms with E-state index in [0.29, 0.717) is 23.7 Å². The molecule has 3 aromatic rings. The SMILES string of the molecule is COc1cc(/C=C2\N=C(c3ccc([N+](=O)[O-])cc3Cl)OC2=O)ccc1OCc1ccccc1Br. The van der Waals surface area contributed by atoms with Crippen molar-refractivity contribution in [2.45, 2.75) is 6.61 Å². The van der Waals surface area contributed by atoms with Gasteiger partial charge >= 0.3 is 5.97 Å². The number of halogens is 2. The Morgan fingerprint density at radius 3 is 2.65 bits per heavy atom. The Bertz CT molecular complexity index is 1360. The lowest BCUT2D eigenvalue weighted by atomic mass is 10.1. The molecule has 0 saturated carbocycles. The highest BCUT2D eigenvalue weighted by atomic mass is 79.9. The normalized spacial score (nSPS) is 14.0. The number of hydrogen-bond donors (Lipinski definition) is 0. The van der Waals surface area contributed by atoms with Crippen molar-refractivity contribution < 1.29 is 23.9 Å². The third-order valence-electron chi connectivity index (χ3n) is 4.85. The Morgan fingerprint density at radius 1 is 1.15 bits per heavy atom. The van der Waals surface area contributed by atoms with Gasteiger partial charge in [-0.05, 0) is 35.9 Å². The molecular formula is C24H16BrClN2O6. The number of carbonyl (C=O) groups excluding carboxylic acids is 1. The van der Waals surface area contributed by atoms with Crippen LogP contribution in [0.5, 0.6) is 11.5 Å². The molecule has 0 aromatic heterocycles. The second-order valence-corrected chi connectivity index (χ2v) is 8.31. The predicted octanol–water partition coefficient (Wildman–Crippen LogP) is 5.94. The molecule has 0 fully saturated rings. The number of nitrogens with zero attached hydrogens (tertiary/aromatic N) is 2. The molecule has 4 rings (SSSR count). The molecule has 172 valence electrons. The van der Waals surface area contributed by atoms with Crippen molar-refractivity contribution in [3.63, 3.8) is 0 Å². The van der Waals surface area contributed by atoms with E-state index in [0.717, 1.165) is 10.0 Å². The molecule has 34 heavy (non-hydrogen) atoms. The van der Waals surface area contributed by atoms with Gasteiger partial charge in [0.1, 0.15) is 6.61 Å². The molecule has 0 bridgehead atoms. The summed E-state index contributed by atoms with van der Waals surface area (Å²) in [5.41, 5.74) is 1.77. The van der Waals surface area contributed by atoms with Gasteiger partial charge in [0.05, 0.1) is 22.6 Å². The fraction of sp³-hybridized carbons (Fsp3) is 0.0833. The number of carbonyl (C=O) groups is 1. The molecule has 0 amide bonds. The lowest BCUT2D eigenvalue weighted by Gasteiger charge is -2.12. The van der Waals surface area contributed by atoms with Crippen molar-refractivity contribution in [1.29, 1.82) is 0 Å². The summed E-state index contributed by atoms with van der Waals surface area (Å²) >= 11 is 9.61. The molecule has 0 N–H and O–H groups in total. The van der Waals surface area contributed by atoms with E-state index < -0.39 is 10.9 Å². The second kappa shape index (κ2) is 10.1. The number of methoxy groups -OCH3 is 1. The maximum Gasteiger partial charge on any atom is 0.363 e. The summed E-state index contributed by atoms with van der Waals surface area (Å²) in [7, 11) is 1.52. The van der Waals surface area contributed by atoms with Gasteiger partial charge in [0.15, 0.2) is 17.2 Å². The molecular weight excluding hydrogens is 528 g/mol. The van der Waals surface area contributed by atoms with Crippen LogP contribution in [0.3, 0.4) is 0 Å². The zero-order chi connectivity index (χ0) is 24.2. The van der Waals surface area contributed by atoms with Crippen molar-refractivity contribution in [2.24, 2.45) is 4.99 Å². The summed E-state index contributed by atoms with van der Waals surface area (Å²) in [6.45, 7) is 0.341. The number of non-ortho nitro benzene ring substituents is 1. The van der Waals surface area contributed by atoms with Crippen LogP contribution in [0.4, 0.5) is 5.69 Å². The van der Waals surface area contributed by atoms with E-state index in [-0.39, 0.29) is 27.9 Å². The van der Waals surface area contributed by atoms with Crippen molar-refractivity contribution in [3.8, 4) is 11.5 Å². The van der Waals surface area contributed by atoms with Gasteiger partial charge in [0.2, 0.25) is 5.90 Å². The average molecular weight is 544 g/mol. The summed E-state index contributed by atoms with van der Waals surface area (Å²) in [6.07, 6.45) is 1.54. The Labute approximate surface area is 207 Å². The summed E-state index contributed by atoms with van der Waals surface area (Å²) < 4.78 is 17.5. The molecule has 1 aliphatic heterocycles. The van der Waals surface area contributed by atoms with Crippen molar-refractivity contribution in [1.82, 2.24) is 0 Å². The first-order valence-electron chi connectivity index (χ1n) is 9.87. The van der Waals surface area contributed by atoms with E-state index in [4.69, 9.17) is 25.8 Å². The number of ether oxygens (including phenoxy) is 3. The minimum atomic E-state index is -0.669. The molecule has 1 aliphatic rings. The first-order valence-corrected chi connectivity index (χ1v) is 11.0. The van der Waals surface area contributed by atoms with E-state index in [2.05, 4.69) is 20.9 Å². The van der Waals surface area contributed by atoms with Crippen molar-refractivity contribution >= 4 is 51.2 Å². The monoisotopic (exact) mass is 542 g/mol. The molecule has 0 saturated heterocycles. The number of hydrogen-bond acceptors (Lipinski definition) is 7. The first kappa shape index (κ1) is 23.5. The molecule has 1 heterocycles. The molecule has 8 nitrogen and oxygen atoms in total. The molecule has 10 heteroatoms. The van der Waals surface area contributed by atoms with Gasteiger partial charge in [-0.15, -0.1) is 0 Å². The highest BCUT2D eigenvalue weighted by molar-refractivity contribution is 9.10. The zero-order valence-electron chi connectivity index (χ0n) is 17.7. The Hall–Kier alpha value is -3.69. The number of rotatable bonds is 7. The van der Waals surface area contributed by atoms with Crippen LogP contribution in [0.2, 0.25) is 5.02 Å². The molecule has 0 aliphatic carbocycles. The number of aliphatic imine (C=N–C) groups is 1. The van der Waals surface area contributed by atoms with Crippen LogP contribution in [-0.2, 0) is 16.1 Å². The lowest BCUT2D eigenvalue weighted by Crippen LogP contribution is -2.06. The molecule has 0 radical (unpaired) electrons. The van der Waals surface area contributed by atoms with E-state index in [1.165, 1.54) is 31.4 Å². The molecule has 3 aromatic carbocycles. The van der Waals surface area contributed by atoms with E-state index in [1.807, 2.05) is 24.3 Å². The minimum Gasteiger partial charge on any atom is -0.493 e. The third-order valence-corrected chi connectivity index (χ3v) is 5.93. The molecule has 0 spiro atoms. The predicted molar refractivity (Wildman–Crippen MR) is 130 cm³/mol. The van der Waals surface area contributed by atoms with E-state index >= 15 is 0 Å². The van der Waals surface area contributed by atoms with E-state index in [1.54, 1.807) is 18.2 Å². The zero-order valence-corrected chi connectivity index (χ0v) is 20.0. The standard InChI is InChI=1S/C24H16BrClN2O6/c1-32-22-11-14(6-9-21(22)33-13-15-4-2-3-5-18(15)25)10-20-24(29)34-23(27-20)17-8-7-16(28(30)31)12-19(17)26/h2-12H,13H2,1H3/b20-10-. The summed E-state index contributed by atoms with van der Waals surface area (Å²) in [6, 6.07) is 16.8. The van der Waals surface area contributed by atoms with Crippen LogP contribution < -0.4 is 9.47 Å². The molecule has 0 atom stereocenters. The lowest BCUT2D eigenvalue weighted by molar-refractivity contribution is -0.384. The summed E-state index contributed by atoms with van der Waals surface area (Å²) in [5.74, 6) is 0.320. The third kappa shape index (κ3) is 5.11. The fourth-order valence-corrected chi connectivity index (χ4v) is 3.79. The van der Waals surface area contributed by atoms with Gasteiger partial charge in [-0.1, -0.05) is 51.8 Å². The number of benzene rings is 3. The van der Waals surface area contributed by atoms with Gasteiger partial charge < -0.3 is 14.2 Å². The largest absolute Gasteiger partial charge is 0.493 e. The topological polar surface area (TPSA) is 100 Å². The molecule has 0 unspecified atom stereocenters. The quantitative estimate of drug-likeness (QED) is 0.158. The van der Waals surface area contributed by atoms with E-state index in [9.17, 15) is 14.9 Å². The van der Waals surface area contributed by atoms with Crippen LogP contribution >= 0.6 is 27.5 Å². The summed E-state index contributed by atoms with van der Waals surface area (Å²) in [4.78, 5) is 26.9. The first-order chi connectivity index (χ1) is 16.4. The number of nitro benzene ring substituents is 1. The van der Waals surface area contributed by atoms with Gasteiger partial charge in [0.25, 0.3) is 5.69 Å². The fourth-order valence-electron chi connectivity index (χ4n) is 3.14. The summed E-state index contributed by atoms with van der Waals surface area (Å²) in [5, 5.41) is 10.9. The number of nitro groups is 1. The van der Waals surface area contributed by atoms with Crippen LogP contribution in [0.1, 0.15) is 16.7 Å². The highest BCUT2D eigenvalue weighted by Gasteiger charge is 2.26. The minimum absolute atomic E-state index is 0.0310. The van der Waals surface area contributed by atoms with Crippen LogP contribution in [0.25, 0.3) is 6.08 Å². The van der Waals surface area contributed by atoms with Gasteiger partial charge in [-0.2, -0.15) is 0 Å².